The fraction of sp³-hybridized carbons (Fsp3) is 0.500. The molecule has 1 atom stereocenters. The first-order chi connectivity index (χ1) is 9.63. The second-order valence-corrected chi connectivity index (χ2v) is 5.89. The van der Waals surface area contributed by atoms with Gasteiger partial charge < -0.3 is 9.42 Å². The minimum atomic E-state index is 0.160. The molecule has 0 radical (unpaired) electrons. The summed E-state index contributed by atoms with van der Waals surface area (Å²) in [7, 11) is 0. The van der Waals surface area contributed by atoms with Gasteiger partial charge in [0, 0.05) is 18.5 Å². The third-order valence-electron chi connectivity index (χ3n) is 4.03. The third-order valence-corrected chi connectivity index (χ3v) is 4.03. The molecule has 2 heterocycles. The quantitative estimate of drug-likeness (QED) is 0.844. The predicted octanol–water partition coefficient (Wildman–Crippen LogP) is 2.94. The van der Waals surface area contributed by atoms with Gasteiger partial charge in [-0.15, -0.1) is 0 Å². The number of carbonyl (C=O) groups excluding carboxylic acids is 1. The van der Waals surface area contributed by atoms with Gasteiger partial charge >= 0.3 is 0 Å². The maximum absolute atomic E-state index is 12.4. The molecule has 4 nitrogen and oxygen atoms in total. The lowest BCUT2D eigenvalue weighted by Crippen LogP contribution is -2.40. The van der Waals surface area contributed by atoms with Crippen molar-refractivity contribution in [3.8, 4) is 0 Å². The Morgan fingerprint density at radius 3 is 3.15 bits per heavy atom. The number of piperidine rings is 1. The van der Waals surface area contributed by atoms with Crippen LogP contribution in [0.3, 0.4) is 0 Å². The van der Waals surface area contributed by atoms with E-state index in [4.69, 9.17) is 4.52 Å². The molecule has 4 heteroatoms. The molecule has 0 bridgehead atoms. The van der Waals surface area contributed by atoms with E-state index in [1.165, 1.54) is 6.42 Å². The van der Waals surface area contributed by atoms with Crippen LogP contribution in [-0.4, -0.2) is 29.1 Å². The number of aromatic nitrogens is 1. The molecule has 1 fully saturated rings. The van der Waals surface area contributed by atoms with Crippen molar-refractivity contribution in [3.63, 3.8) is 0 Å². The lowest BCUT2D eigenvalue weighted by Gasteiger charge is -2.30. The van der Waals surface area contributed by atoms with Crippen LogP contribution in [0.4, 0.5) is 0 Å². The standard InChI is InChI=1S/C16H20N2O2/c1-11-5-6-15-13(8-11)14(17-20-15)9-16(19)18-7-3-4-12(2)10-18/h5-6,8,12H,3-4,7,9-10H2,1-2H3/t12-/m1/s1. The highest BCUT2D eigenvalue weighted by Crippen LogP contribution is 2.22. The summed E-state index contributed by atoms with van der Waals surface area (Å²) in [6.45, 7) is 5.98. The first-order valence-electron chi connectivity index (χ1n) is 7.26. The summed E-state index contributed by atoms with van der Waals surface area (Å²) < 4.78 is 5.29. The van der Waals surface area contributed by atoms with Crippen molar-refractivity contribution in [1.82, 2.24) is 10.1 Å². The van der Waals surface area contributed by atoms with Crippen molar-refractivity contribution in [1.29, 1.82) is 0 Å². The minimum absolute atomic E-state index is 0.160. The Labute approximate surface area is 118 Å². The van der Waals surface area contributed by atoms with Crippen LogP contribution in [0.25, 0.3) is 11.0 Å². The van der Waals surface area contributed by atoms with Gasteiger partial charge in [-0.1, -0.05) is 23.7 Å². The Morgan fingerprint density at radius 1 is 1.50 bits per heavy atom. The Kier molecular flexibility index (Phi) is 3.47. The Balaban J connectivity index is 1.78. The topological polar surface area (TPSA) is 46.3 Å². The van der Waals surface area contributed by atoms with Gasteiger partial charge in [0.25, 0.3) is 0 Å². The minimum Gasteiger partial charge on any atom is -0.356 e. The molecular formula is C16H20N2O2. The average molecular weight is 272 g/mol. The SMILES string of the molecule is Cc1ccc2onc(CC(=O)N3CCC[C@@H](C)C3)c2c1. The van der Waals surface area contributed by atoms with E-state index in [1.54, 1.807) is 0 Å². The number of carbonyl (C=O) groups is 1. The van der Waals surface area contributed by atoms with Gasteiger partial charge in [-0.3, -0.25) is 4.79 Å². The molecule has 0 spiro atoms. The Morgan fingerprint density at radius 2 is 2.35 bits per heavy atom. The zero-order chi connectivity index (χ0) is 14.1. The normalized spacial score (nSPS) is 19.5. The molecule has 20 heavy (non-hydrogen) atoms. The van der Waals surface area contributed by atoms with Crippen molar-refractivity contribution < 1.29 is 9.32 Å². The molecule has 1 saturated heterocycles. The molecule has 106 valence electrons. The van der Waals surface area contributed by atoms with E-state index in [0.717, 1.165) is 41.7 Å². The molecule has 1 aromatic carbocycles. The largest absolute Gasteiger partial charge is 0.356 e. The molecule has 1 aliphatic heterocycles. The van der Waals surface area contributed by atoms with Crippen molar-refractivity contribution in [2.45, 2.75) is 33.1 Å². The first-order valence-corrected chi connectivity index (χ1v) is 7.26. The molecule has 1 amide bonds. The molecule has 1 aromatic heterocycles. The van der Waals surface area contributed by atoms with Crippen molar-refractivity contribution in [3.05, 3.63) is 29.5 Å². The maximum Gasteiger partial charge on any atom is 0.228 e. The average Bonchev–Trinajstić information content (AvgIpc) is 2.81. The summed E-state index contributed by atoms with van der Waals surface area (Å²) in [6.07, 6.45) is 2.66. The second kappa shape index (κ2) is 5.27. The number of nitrogens with zero attached hydrogens (tertiary/aromatic N) is 2. The predicted molar refractivity (Wildman–Crippen MR) is 77.4 cm³/mol. The van der Waals surface area contributed by atoms with Gasteiger partial charge in [0.05, 0.1) is 6.42 Å². The van der Waals surface area contributed by atoms with Gasteiger partial charge in [-0.25, -0.2) is 0 Å². The van der Waals surface area contributed by atoms with Crippen molar-refractivity contribution in [2.75, 3.05) is 13.1 Å². The Bertz CT molecular complexity index is 632. The van der Waals surface area contributed by atoms with E-state index in [-0.39, 0.29) is 5.91 Å². The Hall–Kier alpha value is -1.84. The van der Waals surface area contributed by atoms with Gasteiger partial charge in [-0.2, -0.15) is 0 Å². The monoisotopic (exact) mass is 272 g/mol. The van der Waals surface area contributed by atoms with Crippen LogP contribution in [0.1, 0.15) is 31.0 Å². The van der Waals surface area contributed by atoms with Crippen LogP contribution in [0, 0.1) is 12.8 Å². The summed E-state index contributed by atoms with van der Waals surface area (Å²) in [4.78, 5) is 14.3. The lowest BCUT2D eigenvalue weighted by atomic mass is 10.00. The highest BCUT2D eigenvalue weighted by atomic mass is 16.5. The van der Waals surface area contributed by atoms with Crippen LogP contribution in [0.5, 0.6) is 0 Å². The maximum atomic E-state index is 12.4. The lowest BCUT2D eigenvalue weighted by molar-refractivity contribution is -0.132. The van der Waals surface area contributed by atoms with E-state index in [0.29, 0.717) is 12.3 Å². The number of benzene rings is 1. The summed E-state index contributed by atoms with van der Waals surface area (Å²) in [5.74, 6) is 0.761. The van der Waals surface area contributed by atoms with Crippen LogP contribution in [0.2, 0.25) is 0 Å². The van der Waals surface area contributed by atoms with E-state index in [1.807, 2.05) is 30.0 Å². The summed E-state index contributed by atoms with van der Waals surface area (Å²) >= 11 is 0. The number of fused-ring (bicyclic) bond motifs is 1. The van der Waals surface area contributed by atoms with Crippen LogP contribution in [0.15, 0.2) is 22.7 Å². The molecule has 0 unspecified atom stereocenters. The van der Waals surface area contributed by atoms with Gasteiger partial charge in [0.2, 0.25) is 5.91 Å². The number of hydrogen-bond acceptors (Lipinski definition) is 3. The summed E-state index contributed by atoms with van der Waals surface area (Å²) in [5, 5.41) is 5.03. The van der Waals surface area contributed by atoms with Crippen molar-refractivity contribution >= 4 is 16.9 Å². The smallest absolute Gasteiger partial charge is 0.228 e. The van der Waals surface area contributed by atoms with Crippen LogP contribution in [-0.2, 0) is 11.2 Å². The first kappa shape index (κ1) is 13.2. The van der Waals surface area contributed by atoms with E-state index < -0.39 is 0 Å². The zero-order valence-electron chi connectivity index (χ0n) is 12.1. The molecule has 3 rings (SSSR count). The molecule has 0 saturated carbocycles. The van der Waals surface area contributed by atoms with Crippen LogP contribution < -0.4 is 0 Å². The number of aryl methyl sites for hydroxylation is 1. The summed E-state index contributed by atoms with van der Waals surface area (Å²) in [6, 6.07) is 5.94. The van der Waals surface area contributed by atoms with E-state index in [9.17, 15) is 4.79 Å². The molecule has 0 aliphatic carbocycles. The summed E-state index contributed by atoms with van der Waals surface area (Å²) in [5.41, 5.74) is 2.67. The van der Waals surface area contributed by atoms with E-state index in [2.05, 4.69) is 12.1 Å². The second-order valence-electron chi connectivity index (χ2n) is 5.89. The molecule has 1 aliphatic rings. The van der Waals surface area contributed by atoms with Gasteiger partial charge in [0.1, 0.15) is 5.69 Å². The number of amides is 1. The fourth-order valence-corrected chi connectivity index (χ4v) is 2.90. The fourth-order valence-electron chi connectivity index (χ4n) is 2.90. The number of hydrogen-bond donors (Lipinski definition) is 0. The van der Waals surface area contributed by atoms with Crippen molar-refractivity contribution in [2.24, 2.45) is 5.92 Å². The third kappa shape index (κ3) is 2.55. The van der Waals surface area contributed by atoms with E-state index >= 15 is 0 Å². The van der Waals surface area contributed by atoms with Crippen LogP contribution >= 0.6 is 0 Å². The molecule has 0 N–H and O–H groups in total. The molecular weight excluding hydrogens is 252 g/mol. The highest BCUT2D eigenvalue weighted by Gasteiger charge is 2.22. The highest BCUT2D eigenvalue weighted by molar-refractivity contribution is 5.86. The number of likely N-dealkylation sites (tertiary alicyclic amines) is 1. The zero-order valence-corrected chi connectivity index (χ0v) is 12.1. The van der Waals surface area contributed by atoms with Gasteiger partial charge in [0.15, 0.2) is 5.58 Å². The molecule has 2 aromatic rings. The number of rotatable bonds is 2. The van der Waals surface area contributed by atoms with Gasteiger partial charge in [-0.05, 0) is 37.8 Å².